The van der Waals surface area contributed by atoms with Crippen LogP contribution in [0.25, 0.3) is 0 Å². The minimum absolute atomic E-state index is 0.0435. The molecular weight excluding hydrogens is 358 g/mol. The molecule has 3 N–H and O–H groups in total. The van der Waals surface area contributed by atoms with Gasteiger partial charge in [0, 0.05) is 43.7 Å². The number of hydrogen-bond acceptors (Lipinski definition) is 6. The third-order valence-corrected chi connectivity index (χ3v) is 6.51. The van der Waals surface area contributed by atoms with Crippen molar-refractivity contribution in [3.8, 4) is 0 Å². The van der Waals surface area contributed by atoms with Crippen molar-refractivity contribution in [1.82, 2.24) is 4.90 Å². The summed E-state index contributed by atoms with van der Waals surface area (Å²) < 4.78 is 7.21. The van der Waals surface area contributed by atoms with Gasteiger partial charge in [-0.3, -0.25) is 9.89 Å². The van der Waals surface area contributed by atoms with Crippen LogP contribution >= 0.6 is 22.9 Å². The van der Waals surface area contributed by atoms with Gasteiger partial charge in [0.15, 0.2) is 0 Å². The summed E-state index contributed by atoms with van der Waals surface area (Å²) in [6.45, 7) is 3.95. The van der Waals surface area contributed by atoms with Crippen LogP contribution in [-0.4, -0.2) is 55.1 Å². The fourth-order valence-electron chi connectivity index (χ4n) is 4.04. The molecule has 138 valence electrons. The highest BCUT2D eigenvalue weighted by Crippen LogP contribution is 2.48. The third kappa shape index (κ3) is 3.78. The number of nitrogens with two attached hydrogens (primary N) is 1. The van der Waals surface area contributed by atoms with Gasteiger partial charge in [-0.1, -0.05) is 11.6 Å². The van der Waals surface area contributed by atoms with Gasteiger partial charge in [0.25, 0.3) is 0 Å². The van der Waals surface area contributed by atoms with E-state index in [9.17, 15) is 5.11 Å². The number of thiophene rings is 1. The molecule has 25 heavy (non-hydrogen) atoms. The summed E-state index contributed by atoms with van der Waals surface area (Å²) in [5.41, 5.74) is 7.61. The smallest absolute Gasteiger partial charge is 0.0974 e. The van der Waals surface area contributed by atoms with E-state index in [1.165, 1.54) is 10.4 Å². The Balaban J connectivity index is 1.81. The highest BCUT2D eigenvalue weighted by Gasteiger charge is 2.46. The Labute approximate surface area is 158 Å². The van der Waals surface area contributed by atoms with Crippen LogP contribution in [0.15, 0.2) is 22.8 Å². The lowest BCUT2D eigenvalue weighted by Crippen LogP contribution is -2.52. The molecular formula is C18H26ClN3O2S. The van der Waals surface area contributed by atoms with E-state index in [0.717, 1.165) is 42.3 Å². The average molecular weight is 384 g/mol. The summed E-state index contributed by atoms with van der Waals surface area (Å²) in [5.74, 6) is 0. The molecule has 0 amide bonds. The SMILES string of the molecule is CN=C/C(=C\N)CN1CCC2(C[C@@H]1C)OC(CO)Cc1sc(Cl)cc12. The first-order valence-corrected chi connectivity index (χ1v) is 9.85. The lowest BCUT2D eigenvalue weighted by molar-refractivity contribution is -0.158. The van der Waals surface area contributed by atoms with Crippen molar-refractivity contribution in [3.63, 3.8) is 0 Å². The van der Waals surface area contributed by atoms with E-state index in [-0.39, 0.29) is 18.3 Å². The second-order valence-corrected chi connectivity index (χ2v) is 8.68. The molecule has 0 aliphatic carbocycles. The third-order valence-electron chi connectivity index (χ3n) is 5.22. The second-order valence-electron chi connectivity index (χ2n) is 6.91. The summed E-state index contributed by atoms with van der Waals surface area (Å²) in [4.78, 5) is 7.74. The number of aliphatic hydroxyl groups is 1. The standard InChI is InChI=1S/C18H26ClN3O2S/c1-12-7-18(3-4-22(12)10-13(8-20)9-21-2)15-6-17(19)25-16(15)5-14(11-23)24-18/h6,8-9,12,14,23H,3-5,7,10-11,20H2,1-2H3/b13-8+,21-9?/t12-,14?,18?/m0/s1. The molecule has 2 unspecified atom stereocenters. The minimum atomic E-state index is -0.341. The molecule has 3 rings (SSSR count). The molecule has 1 aromatic rings. The van der Waals surface area contributed by atoms with Gasteiger partial charge in [-0.25, -0.2) is 0 Å². The molecule has 1 saturated heterocycles. The van der Waals surface area contributed by atoms with E-state index < -0.39 is 0 Å². The van der Waals surface area contributed by atoms with E-state index in [2.05, 4.69) is 22.9 Å². The first-order valence-electron chi connectivity index (χ1n) is 8.65. The number of hydrogen-bond donors (Lipinski definition) is 2. The van der Waals surface area contributed by atoms with Gasteiger partial charge >= 0.3 is 0 Å². The molecule has 0 bridgehead atoms. The average Bonchev–Trinajstić information content (AvgIpc) is 2.98. The van der Waals surface area contributed by atoms with Crippen LogP contribution in [0.4, 0.5) is 0 Å². The van der Waals surface area contributed by atoms with Crippen LogP contribution in [0.1, 0.15) is 30.2 Å². The Hall–Kier alpha value is -0.920. The van der Waals surface area contributed by atoms with Crippen LogP contribution in [0.2, 0.25) is 4.34 Å². The van der Waals surface area contributed by atoms with Crippen LogP contribution in [0, 0.1) is 0 Å². The Bertz CT molecular complexity index is 675. The van der Waals surface area contributed by atoms with E-state index in [1.807, 2.05) is 6.21 Å². The van der Waals surface area contributed by atoms with Gasteiger partial charge in [-0.2, -0.15) is 0 Å². The zero-order chi connectivity index (χ0) is 18.0. The zero-order valence-electron chi connectivity index (χ0n) is 14.7. The highest BCUT2D eigenvalue weighted by molar-refractivity contribution is 7.16. The van der Waals surface area contributed by atoms with Crippen LogP contribution < -0.4 is 5.73 Å². The maximum Gasteiger partial charge on any atom is 0.0974 e. The maximum atomic E-state index is 9.67. The fourth-order valence-corrected chi connectivity index (χ4v) is 5.47. The Kier molecular flexibility index (Phi) is 5.85. The van der Waals surface area contributed by atoms with Gasteiger partial charge < -0.3 is 15.6 Å². The predicted molar refractivity (Wildman–Crippen MR) is 104 cm³/mol. The summed E-state index contributed by atoms with van der Waals surface area (Å²) in [6.07, 6.45) is 5.80. The van der Waals surface area contributed by atoms with E-state index in [0.29, 0.717) is 6.04 Å². The number of likely N-dealkylation sites (tertiary alicyclic amines) is 1. The molecule has 2 aliphatic heterocycles. The van der Waals surface area contributed by atoms with Gasteiger partial charge in [-0.15, -0.1) is 11.3 Å². The second kappa shape index (κ2) is 7.76. The number of aliphatic hydroxyl groups excluding tert-OH is 1. The summed E-state index contributed by atoms with van der Waals surface area (Å²) >= 11 is 7.90. The molecule has 0 saturated carbocycles. The molecule has 1 spiro atoms. The molecule has 0 radical (unpaired) electrons. The molecule has 3 heterocycles. The van der Waals surface area contributed by atoms with Crippen molar-refractivity contribution in [3.05, 3.63) is 32.6 Å². The van der Waals surface area contributed by atoms with Crippen molar-refractivity contribution in [2.45, 2.75) is 43.9 Å². The predicted octanol–water partition coefficient (Wildman–Crippen LogP) is 2.56. The number of halogens is 1. The molecule has 2 aliphatic rings. The van der Waals surface area contributed by atoms with Crippen molar-refractivity contribution < 1.29 is 9.84 Å². The van der Waals surface area contributed by atoms with Crippen LogP contribution in [0.5, 0.6) is 0 Å². The highest BCUT2D eigenvalue weighted by atomic mass is 35.5. The van der Waals surface area contributed by atoms with Crippen LogP contribution in [0.3, 0.4) is 0 Å². The maximum absolute atomic E-state index is 9.67. The quantitative estimate of drug-likeness (QED) is 0.784. The van der Waals surface area contributed by atoms with E-state index >= 15 is 0 Å². The lowest BCUT2D eigenvalue weighted by atomic mass is 9.78. The topological polar surface area (TPSA) is 71.1 Å². The lowest BCUT2D eigenvalue weighted by Gasteiger charge is -2.49. The number of ether oxygens (including phenoxy) is 1. The molecule has 7 heteroatoms. The van der Waals surface area contributed by atoms with Crippen LogP contribution in [-0.2, 0) is 16.8 Å². The van der Waals surface area contributed by atoms with Crippen molar-refractivity contribution in [2.24, 2.45) is 10.7 Å². The molecule has 0 aromatic carbocycles. The fraction of sp³-hybridized carbons (Fsp3) is 0.611. The van der Waals surface area contributed by atoms with Gasteiger partial charge in [0.2, 0.25) is 0 Å². The summed E-state index contributed by atoms with van der Waals surface area (Å²) in [6, 6.07) is 2.39. The van der Waals surface area contributed by atoms with Gasteiger partial charge in [0.05, 0.1) is 22.6 Å². The molecule has 1 aromatic heterocycles. The molecule has 3 atom stereocenters. The Morgan fingerprint density at radius 1 is 1.64 bits per heavy atom. The summed E-state index contributed by atoms with van der Waals surface area (Å²) in [5, 5.41) is 9.67. The molecule has 5 nitrogen and oxygen atoms in total. The van der Waals surface area contributed by atoms with Gasteiger partial charge in [-0.05, 0) is 43.2 Å². The van der Waals surface area contributed by atoms with Gasteiger partial charge in [0.1, 0.15) is 0 Å². The number of fused-ring (bicyclic) bond motifs is 2. The number of nitrogens with zero attached hydrogens (tertiary/aromatic N) is 2. The zero-order valence-corrected chi connectivity index (χ0v) is 16.3. The van der Waals surface area contributed by atoms with E-state index in [1.54, 1.807) is 24.6 Å². The Morgan fingerprint density at radius 2 is 2.44 bits per heavy atom. The number of piperidine rings is 1. The first-order chi connectivity index (χ1) is 12.0. The van der Waals surface area contributed by atoms with E-state index in [4.69, 9.17) is 22.1 Å². The van der Waals surface area contributed by atoms with Crippen molar-refractivity contribution >= 4 is 29.2 Å². The molecule has 1 fully saturated rings. The first kappa shape index (κ1) is 18.9. The van der Waals surface area contributed by atoms with Crippen molar-refractivity contribution in [1.29, 1.82) is 0 Å². The van der Waals surface area contributed by atoms with Crippen molar-refractivity contribution in [2.75, 3.05) is 26.7 Å². The minimum Gasteiger partial charge on any atom is -0.404 e. The summed E-state index contributed by atoms with van der Waals surface area (Å²) in [7, 11) is 1.75. The monoisotopic (exact) mass is 383 g/mol. The number of rotatable bonds is 4. The number of aliphatic imine (C=N–C) groups is 1. The normalized spacial score (nSPS) is 31.0. The largest absolute Gasteiger partial charge is 0.404 e. The Morgan fingerprint density at radius 3 is 3.08 bits per heavy atom.